The van der Waals surface area contributed by atoms with Gasteiger partial charge in [0, 0.05) is 13.1 Å². The van der Waals surface area contributed by atoms with E-state index < -0.39 is 0 Å². The van der Waals surface area contributed by atoms with E-state index in [1.807, 2.05) is 0 Å². The third-order valence-electron chi connectivity index (χ3n) is 3.97. The molecule has 1 heterocycles. The Morgan fingerprint density at radius 2 is 2.06 bits per heavy atom. The first-order valence-corrected chi connectivity index (χ1v) is 6.86. The minimum absolute atomic E-state index is 0.481. The quantitative estimate of drug-likeness (QED) is 0.781. The predicted molar refractivity (Wildman–Crippen MR) is 71.5 cm³/mol. The van der Waals surface area contributed by atoms with Gasteiger partial charge < -0.3 is 10.6 Å². The molecule has 0 aromatic heterocycles. The van der Waals surface area contributed by atoms with Crippen LogP contribution < -0.4 is 5.73 Å². The summed E-state index contributed by atoms with van der Waals surface area (Å²) in [7, 11) is 0. The van der Waals surface area contributed by atoms with Gasteiger partial charge in [-0.1, -0.05) is 27.7 Å². The fourth-order valence-corrected chi connectivity index (χ4v) is 2.70. The van der Waals surface area contributed by atoms with E-state index in [4.69, 9.17) is 5.73 Å². The molecule has 0 aromatic carbocycles. The molecule has 1 aliphatic rings. The Kier molecular flexibility index (Phi) is 5.26. The van der Waals surface area contributed by atoms with E-state index >= 15 is 0 Å². The van der Waals surface area contributed by atoms with Gasteiger partial charge >= 0.3 is 0 Å². The Morgan fingerprint density at radius 3 is 2.56 bits per heavy atom. The summed E-state index contributed by atoms with van der Waals surface area (Å²) in [6, 6.07) is 0. The molecule has 0 aliphatic carbocycles. The van der Waals surface area contributed by atoms with Gasteiger partial charge in [-0.2, -0.15) is 0 Å². The molecule has 16 heavy (non-hydrogen) atoms. The minimum Gasteiger partial charge on any atom is -0.330 e. The second-order valence-electron chi connectivity index (χ2n) is 6.65. The topological polar surface area (TPSA) is 29.3 Å². The van der Waals surface area contributed by atoms with Gasteiger partial charge in [0.15, 0.2) is 0 Å². The highest BCUT2D eigenvalue weighted by molar-refractivity contribution is 4.84. The molecule has 1 aliphatic heterocycles. The smallest absolute Gasteiger partial charge is 0.00153 e. The van der Waals surface area contributed by atoms with Crippen LogP contribution in [0.15, 0.2) is 0 Å². The van der Waals surface area contributed by atoms with Crippen molar-refractivity contribution < 1.29 is 0 Å². The average molecular weight is 226 g/mol. The van der Waals surface area contributed by atoms with Gasteiger partial charge in [-0.05, 0) is 49.6 Å². The van der Waals surface area contributed by atoms with Crippen LogP contribution in [0.5, 0.6) is 0 Å². The van der Waals surface area contributed by atoms with E-state index in [0.29, 0.717) is 5.41 Å². The van der Waals surface area contributed by atoms with Crippen molar-refractivity contribution in [2.24, 2.45) is 23.0 Å². The molecular formula is C14H30N2. The zero-order chi connectivity index (χ0) is 12.2. The van der Waals surface area contributed by atoms with E-state index in [0.717, 1.165) is 18.4 Å². The minimum atomic E-state index is 0.481. The molecule has 96 valence electrons. The Bertz CT molecular complexity index is 195. The molecule has 2 nitrogen and oxygen atoms in total. The normalized spacial score (nSPS) is 24.9. The highest BCUT2D eigenvalue weighted by Crippen LogP contribution is 2.33. The average Bonchev–Trinajstić information content (AvgIpc) is 2.62. The molecule has 2 unspecified atom stereocenters. The van der Waals surface area contributed by atoms with Crippen LogP contribution in [0.4, 0.5) is 0 Å². The van der Waals surface area contributed by atoms with E-state index in [-0.39, 0.29) is 0 Å². The molecule has 1 fully saturated rings. The SMILES string of the molecule is CC(CCCN)CN1CCC(C(C)(C)C)C1. The first kappa shape index (κ1) is 14.0. The Balaban J connectivity index is 2.26. The lowest BCUT2D eigenvalue weighted by atomic mass is 9.80. The summed E-state index contributed by atoms with van der Waals surface area (Å²) >= 11 is 0. The zero-order valence-electron chi connectivity index (χ0n) is 11.6. The van der Waals surface area contributed by atoms with Crippen molar-refractivity contribution in [1.29, 1.82) is 0 Å². The first-order valence-electron chi connectivity index (χ1n) is 6.86. The van der Waals surface area contributed by atoms with Crippen molar-refractivity contribution in [2.45, 2.75) is 47.0 Å². The van der Waals surface area contributed by atoms with Crippen molar-refractivity contribution >= 4 is 0 Å². The van der Waals surface area contributed by atoms with E-state index in [9.17, 15) is 0 Å². The zero-order valence-corrected chi connectivity index (χ0v) is 11.6. The van der Waals surface area contributed by atoms with Gasteiger partial charge in [0.2, 0.25) is 0 Å². The van der Waals surface area contributed by atoms with Gasteiger partial charge in [-0.15, -0.1) is 0 Å². The summed E-state index contributed by atoms with van der Waals surface area (Å²) in [5.74, 6) is 1.69. The summed E-state index contributed by atoms with van der Waals surface area (Å²) in [6.07, 6.45) is 3.85. The Morgan fingerprint density at radius 1 is 1.38 bits per heavy atom. The maximum atomic E-state index is 5.55. The first-order chi connectivity index (χ1) is 7.43. The molecule has 0 bridgehead atoms. The lowest BCUT2D eigenvalue weighted by Gasteiger charge is -2.27. The van der Waals surface area contributed by atoms with Crippen molar-refractivity contribution in [3.8, 4) is 0 Å². The third-order valence-corrected chi connectivity index (χ3v) is 3.97. The molecular weight excluding hydrogens is 196 g/mol. The molecule has 1 saturated heterocycles. The number of rotatable bonds is 5. The lowest BCUT2D eigenvalue weighted by molar-refractivity contribution is 0.214. The number of hydrogen-bond acceptors (Lipinski definition) is 2. The second-order valence-corrected chi connectivity index (χ2v) is 6.65. The van der Waals surface area contributed by atoms with E-state index in [2.05, 4.69) is 32.6 Å². The summed E-state index contributed by atoms with van der Waals surface area (Å²) in [4.78, 5) is 2.65. The van der Waals surface area contributed by atoms with Gasteiger partial charge in [0.05, 0.1) is 0 Å². The van der Waals surface area contributed by atoms with Crippen LogP contribution in [0.3, 0.4) is 0 Å². The molecule has 0 aromatic rings. The van der Waals surface area contributed by atoms with Gasteiger partial charge in [0.25, 0.3) is 0 Å². The standard InChI is InChI=1S/C14H30N2/c1-12(6-5-8-15)10-16-9-7-13(11-16)14(2,3)4/h12-13H,5-11,15H2,1-4H3. The van der Waals surface area contributed by atoms with Crippen molar-refractivity contribution in [2.75, 3.05) is 26.2 Å². The molecule has 0 radical (unpaired) electrons. The predicted octanol–water partition coefficient (Wildman–Crippen LogP) is 2.73. The maximum Gasteiger partial charge on any atom is 0.00153 e. The number of nitrogens with two attached hydrogens (primary N) is 1. The Labute approximate surface area is 102 Å². The maximum absolute atomic E-state index is 5.55. The fraction of sp³-hybridized carbons (Fsp3) is 1.00. The number of hydrogen-bond donors (Lipinski definition) is 1. The van der Waals surface area contributed by atoms with Gasteiger partial charge in [-0.25, -0.2) is 0 Å². The fourth-order valence-electron chi connectivity index (χ4n) is 2.70. The molecule has 0 saturated carbocycles. The molecule has 2 atom stereocenters. The highest BCUT2D eigenvalue weighted by Gasteiger charge is 2.31. The van der Waals surface area contributed by atoms with E-state index in [1.54, 1.807) is 0 Å². The van der Waals surface area contributed by atoms with Crippen molar-refractivity contribution in [3.63, 3.8) is 0 Å². The number of nitrogens with zero attached hydrogens (tertiary/aromatic N) is 1. The summed E-state index contributed by atoms with van der Waals surface area (Å²) in [5, 5.41) is 0. The van der Waals surface area contributed by atoms with Crippen LogP contribution in [0, 0.1) is 17.3 Å². The second kappa shape index (κ2) is 6.02. The Hall–Kier alpha value is -0.0800. The molecule has 2 N–H and O–H groups in total. The van der Waals surface area contributed by atoms with Crippen LogP contribution in [0.25, 0.3) is 0 Å². The lowest BCUT2D eigenvalue weighted by Crippen LogP contribution is -2.29. The van der Waals surface area contributed by atoms with Crippen LogP contribution in [0.1, 0.15) is 47.0 Å². The molecule has 0 spiro atoms. The molecule has 1 rings (SSSR count). The third kappa shape index (κ3) is 4.42. The monoisotopic (exact) mass is 226 g/mol. The van der Waals surface area contributed by atoms with Gasteiger partial charge in [-0.3, -0.25) is 0 Å². The molecule has 0 amide bonds. The van der Waals surface area contributed by atoms with Crippen molar-refractivity contribution in [1.82, 2.24) is 4.90 Å². The van der Waals surface area contributed by atoms with Crippen LogP contribution in [-0.4, -0.2) is 31.1 Å². The van der Waals surface area contributed by atoms with Crippen LogP contribution in [-0.2, 0) is 0 Å². The largest absolute Gasteiger partial charge is 0.330 e. The number of likely N-dealkylation sites (tertiary alicyclic amines) is 1. The molecule has 2 heteroatoms. The van der Waals surface area contributed by atoms with Gasteiger partial charge in [0.1, 0.15) is 0 Å². The van der Waals surface area contributed by atoms with Crippen LogP contribution >= 0.6 is 0 Å². The summed E-state index contributed by atoms with van der Waals surface area (Å²) in [5.41, 5.74) is 6.03. The summed E-state index contributed by atoms with van der Waals surface area (Å²) < 4.78 is 0. The van der Waals surface area contributed by atoms with Crippen molar-refractivity contribution in [3.05, 3.63) is 0 Å². The van der Waals surface area contributed by atoms with Crippen LogP contribution in [0.2, 0.25) is 0 Å². The summed E-state index contributed by atoms with van der Waals surface area (Å²) in [6.45, 7) is 14.2. The highest BCUT2D eigenvalue weighted by atomic mass is 15.1. The van der Waals surface area contributed by atoms with E-state index in [1.165, 1.54) is 38.9 Å².